The Morgan fingerprint density at radius 1 is 1.25 bits per heavy atom. The second-order valence-corrected chi connectivity index (χ2v) is 4.51. The molecule has 0 saturated carbocycles. The van der Waals surface area contributed by atoms with E-state index >= 15 is 0 Å². The maximum atomic E-state index is 13.2. The minimum Gasteiger partial charge on any atom is -0.505 e. The van der Waals surface area contributed by atoms with Crippen molar-refractivity contribution in [3.05, 3.63) is 53.3 Å². The molecule has 3 nitrogen and oxygen atoms in total. The summed E-state index contributed by atoms with van der Waals surface area (Å²) in [5.74, 6) is -0.0829. The first kappa shape index (κ1) is 14.2. The van der Waals surface area contributed by atoms with Crippen LogP contribution in [0.3, 0.4) is 0 Å². The van der Waals surface area contributed by atoms with Crippen molar-refractivity contribution < 1.29 is 14.2 Å². The van der Waals surface area contributed by atoms with Crippen LogP contribution in [0.5, 0.6) is 11.5 Å². The lowest BCUT2D eigenvalue weighted by molar-refractivity contribution is 0.340. The third-order valence-corrected chi connectivity index (χ3v) is 3.05. The van der Waals surface area contributed by atoms with Crippen LogP contribution in [0.15, 0.2) is 36.4 Å². The Balaban J connectivity index is 2.09. The summed E-state index contributed by atoms with van der Waals surface area (Å²) in [5.41, 5.74) is 2.49. The maximum absolute atomic E-state index is 13.2. The van der Waals surface area contributed by atoms with Crippen LogP contribution in [0, 0.1) is 12.7 Å². The monoisotopic (exact) mass is 275 g/mol. The molecule has 2 aromatic rings. The molecule has 0 aliphatic heterocycles. The van der Waals surface area contributed by atoms with E-state index in [1.165, 1.54) is 6.07 Å². The van der Waals surface area contributed by atoms with Crippen LogP contribution in [0.1, 0.15) is 18.1 Å². The number of para-hydroxylation sites is 1. The number of benzene rings is 2. The highest BCUT2D eigenvalue weighted by atomic mass is 19.1. The third kappa shape index (κ3) is 3.20. The van der Waals surface area contributed by atoms with Crippen molar-refractivity contribution in [3.63, 3.8) is 0 Å². The Bertz CT molecular complexity index is 599. The van der Waals surface area contributed by atoms with Gasteiger partial charge in [-0.3, -0.25) is 0 Å². The predicted octanol–water partition coefficient (Wildman–Crippen LogP) is 3.85. The number of phenols is 1. The summed E-state index contributed by atoms with van der Waals surface area (Å²) in [6, 6.07) is 10.2. The van der Waals surface area contributed by atoms with Crippen LogP contribution in [0.4, 0.5) is 10.1 Å². The second kappa shape index (κ2) is 6.28. The Hall–Kier alpha value is -2.23. The minimum atomic E-state index is -0.604. The van der Waals surface area contributed by atoms with Gasteiger partial charge in [0.1, 0.15) is 5.75 Å². The zero-order valence-electron chi connectivity index (χ0n) is 11.6. The minimum absolute atomic E-state index is 0.302. The fraction of sp³-hybridized carbons (Fsp3) is 0.250. The van der Waals surface area contributed by atoms with Gasteiger partial charge < -0.3 is 15.2 Å². The van der Waals surface area contributed by atoms with Gasteiger partial charge in [-0.05, 0) is 43.7 Å². The average Bonchev–Trinajstić information content (AvgIpc) is 2.42. The van der Waals surface area contributed by atoms with Gasteiger partial charge in [0.25, 0.3) is 0 Å². The van der Waals surface area contributed by atoms with Crippen LogP contribution >= 0.6 is 0 Å². The molecule has 0 fully saturated rings. The predicted molar refractivity (Wildman–Crippen MR) is 77.7 cm³/mol. The number of ether oxygens (including phenoxy) is 1. The van der Waals surface area contributed by atoms with Crippen molar-refractivity contribution >= 4 is 5.69 Å². The van der Waals surface area contributed by atoms with Crippen molar-refractivity contribution in [2.24, 2.45) is 0 Å². The molecule has 0 bridgehead atoms. The molecule has 0 heterocycles. The van der Waals surface area contributed by atoms with Gasteiger partial charge in [-0.25, -0.2) is 4.39 Å². The summed E-state index contributed by atoms with van der Waals surface area (Å²) < 4.78 is 18.6. The van der Waals surface area contributed by atoms with E-state index in [-0.39, 0.29) is 5.75 Å². The molecule has 106 valence electrons. The van der Waals surface area contributed by atoms with Crippen molar-refractivity contribution in [1.82, 2.24) is 0 Å². The SMILES string of the molecule is CCOc1ccc(NCc2cccc(F)c2O)c(C)c1. The highest BCUT2D eigenvalue weighted by molar-refractivity contribution is 5.54. The average molecular weight is 275 g/mol. The quantitative estimate of drug-likeness (QED) is 0.871. The summed E-state index contributed by atoms with van der Waals surface area (Å²) >= 11 is 0. The third-order valence-electron chi connectivity index (χ3n) is 3.05. The molecule has 0 aromatic heterocycles. The highest BCUT2D eigenvalue weighted by Gasteiger charge is 2.07. The number of aromatic hydroxyl groups is 1. The number of hydrogen-bond acceptors (Lipinski definition) is 3. The summed E-state index contributed by atoms with van der Waals surface area (Å²) in [5, 5.41) is 12.8. The molecule has 0 spiro atoms. The van der Waals surface area contributed by atoms with E-state index in [1.54, 1.807) is 12.1 Å². The summed E-state index contributed by atoms with van der Waals surface area (Å²) in [6.07, 6.45) is 0. The Morgan fingerprint density at radius 3 is 2.75 bits per heavy atom. The number of aryl methyl sites for hydroxylation is 1. The first-order valence-electron chi connectivity index (χ1n) is 6.55. The lowest BCUT2D eigenvalue weighted by atomic mass is 10.1. The normalized spacial score (nSPS) is 10.3. The number of phenolic OH excluding ortho intramolecular Hbond substituents is 1. The van der Waals surface area contributed by atoms with Crippen LogP contribution in [0.2, 0.25) is 0 Å². The number of hydrogen-bond donors (Lipinski definition) is 2. The van der Waals surface area contributed by atoms with Gasteiger partial charge in [0.2, 0.25) is 0 Å². The van der Waals surface area contributed by atoms with Gasteiger partial charge >= 0.3 is 0 Å². The topological polar surface area (TPSA) is 41.5 Å². The van der Waals surface area contributed by atoms with Crippen molar-refractivity contribution in [2.75, 3.05) is 11.9 Å². The molecule has 0 aliphatic carbocycles. The van der Waals surface area contributed by atoms with Crippen LogP contribution in [-0.2, 0) is 6.54 Å². The van der Waals surface area contributed by atoms with E-state index in [9.17, 15) is 9.50 Å². The lowest BCUT2D eigenvalue weighted by Gasteiger charge is -2.12. The second-order valence-electron chi connectivity index (χ2n) is 4.51. The maximum Gasteiger partial charge on any atom is 0.165 e. The molecule has 2 N–H and O–H groups in total. The standard InChI is InChI=1S/C16H18FNO2/c1-3-20-13-7-8-15(11(2)9-13)18-10-12-5-4-6-14(17)16(12)19/h4-9,18-19H,3,10H2,1-2H3. The smallest absolute Gasteiger partial charge is 0.165 e. The summed E-state index contributed by atoms with van der Waals surface area (Å²) in [4.78, 5) is 0. The summed E-state index contributed by atoms with van der Waals surface area (Å²) in [7, 11) is 0. The van der Waals surface area contributed by atoms with Gasteiger partial charge in [-0.1, -0.05) is 12.1 Å². The molecule has 20 heavy (non-hydrogen) atoms. The first-order chi connectivity index (χ1) is 9.61. The molecule has 0 aliphatic rings. The van der Waals surface area contributed by atoms with Gasteiger partial charge in [0, 0.05) is 17.8 Å². The molecular formula is C16H18FNO2. The molecule has 0 radical (unpaired) electrons. The van der Waals surface area contributed by atoms with Gasteiger partial charge in [0.05, 0.1) is 6.61 Å². The van der Waals surface area contributed by atoms with E-state index in [0.717, 1.165) is 17.0 Å². The molecule has 2 aromatic carbocycles. The Kier molecular flexibility index (Phi) is 4.45. The van der Waals surface area contributed by atoms with Crippen LogP contribution in [0.25, 0.3) is 0 Å². The molecule has 0 amide bonds. The molecular weight excluding hydrogens is 257 g/mol. The van der Waals surface area contributed by atoms with Gasteiger partial charge in [-0.2, -0.15) is 0 Å². The van der Waals surface area contributed by atoms with Crippen molar-refractivity contribution in [2.45, 2.75) is 20.4 Å². The largest absolute Gasteiger partial charge is 0.505 e. The van der Waals surface area contributed by atoms with E-state index < -0.39 is 5.82 Å². The lowest BCUT2D eigenvalue weighted by Crippen LogP contribution is -2.02. The fourth-order valence-electron chi connectivity index (χ4n) is 1.98. The first-order valence-corrected chi connectivity index (χ1v) is 6.55. The van der Waals surface area contributed by atoms with E-state index in [2.05, 4.69) is 5.32 Å². The van der Waals surface area contributed by atoms with Crippen molar-refractivity contribution in [1.29, 1.82) is 0 Å². The molecule has 4 heteroatoms. The molecule has 0 saturated heterocycles. The molecule has 0 unspecified atom stereocenters. The zero-order chi connectivity index (χ0) is 14.5. The zero-order valence-corrected chi connectivity index (χ0v) is 11.6. The van der Waals surface area contributed by atoms with Crippen LogP contribution < -0.4 is 10.1 Å². The number of halogens is 1. The highest BCUT2D eigenvalue weighted by Crippen LogP contribution is 2.25. The Morgan fingerprint density at radius 2 is 2.05 bits per heavy atom. The number of anilines is 1. The number of nitrogens with one attached hydrogen (secondary N) is 1. The van der Waals surface area contributed by atoms with E-state index in [1.807, 2.05) is 32.0 Å². The fourth-order valence-corrected chi connectivity index (χ4v) is 1.98. The summed E-state index contributed by atoms with van der Waals surface area (Å²) in [6.45, 7) is 4.90. The van der Waals surface area contributed by atoms with E-state index in [4.69, 9.17) is 4.74 Å². The van der Waals surface area contributed by atoms with Crippen molar-refractivity contribution in [3.8, 4) is 11.5 Å². The van der Waals surface area contributed by atoms with Crippen LogP contribution in [-0.4, -0.2) is 11.7 Å². The number of rotatable bonds is 5. The molecule has 2 rings (SSSR count). The van der Waals surface area contributed by atoms with Gasteiger partial charge in [0.15, 0.2) is 11.6 Å². The van der Waals surface area contributed by atoms with E-state index in [0.29, 0.717) is 18.7 Å². The van der Waals surface area contributed by atoms with Gasteiger partial charge in [-0.15, -0.1) is 0 Å². The molecule has 0 atom stereocenters. The Labute approximate surface area is 118 Å².